The van der Waals surface area contributed by atoms with Crippen LogP contribution < -0.4 is 10.6 Å². The Balaban J connectivity index is 2.38. The lowest BCUT2D eigenvalue weighted by Gasteiger charge is -2.02. The zero-order chi connectivity index (χ0) is 10.4. The SMILES string of the molecule is O=C(O)CNC(=O)Nc1ncccn1. The van der Waals surface area contributed by atoms with Crippen LogP contribution in [0.15, 0.2) is 18.5 Å². The third-order valence-corrected chi connectivity index (χ3v) is 1.19. The van der Waals surface area contributed by atoms with E-state index in [0.29, 0.717) is 0 Å². The van der Waals surface area contributed by atoms with Crippen molar-refractivity contribution >= 4 is 17.9 Å². The molecule has 0 radical (unpaired) electrons. The number of amides is 2. The fourth-order valence-corrected chi connectivity index (χ4v) is 0.665. The molecule has 0 aliphatic heterocycles. The summed E-state index contributed by atoms with van der Waals surface area (Å²) in [4.78, 5) is 28.5. The second-order valence-electron chi connectivity index (χ2n) is 2.27. The molecular formula is C7H8N4O3. The highest BCUT2D eigenvalue weighted by molar-refractivity contribution is 5.89. The van der Waals surface area contributed by atoms with Crippen molar-refractivity contribution in [2.24, 2.45) is 0 Å². The number of carbonyl (C=O) groups is 2. The number of nitrogens with one attached hydrogen (secondary N) is 2. The summed E-state index contributed by atoms with van der Waals surface area (Å²) >= 11 is 0. The van der Waals surface area contributed by atoms with Crippen molar-refractivity contribution in [1.82, 2.24) is 15.3 Å². The van der Waals surface area contributed by atoms with Crippen LogP contribution in [0.2, 0.25) is 0 Å². The molecule has 0 bridgehead atoms. The number of urea groups is 1. The number of carboxylic acid groups (broad SMARTS) is 1. The number of anilines is 1. The lowest BCUT2D eigenvalue weighted by Crippen LogP contribution is -2.33. The second kappa shape index (κ2) is 4.75. The maximum atomic E-state index is 11.0. The Hall–Kier alpha value is -2.18. The Labute approximate surface area is 79.2 Å². The summed E-state index contributed by atoms with van der Waals surface area (Å²) in [5.74, 6) is -0.996. The van der Waals surface area contributed by atoms with E-state index in [1.54, 1.807) is 6.07 Å². The van der Waals surface area contributed by atoms with Gasteiger partial charge in [-0.05, 0) is 6.07 Å². The summed E-state index contributed by atoms with van der Waals surface area (Å²) in [6.07, 6.45) is 2.92. The molecule has 0 saturated heterocycles. The molecule has 0 fully saturated rings. The topological polar surface area (TPSA) is 104 Å². The van der Waals surface area contributed by atoms with E-state index in [2.05, 4.69) is 20.6 Å². The summed E-state index contributed by atoms with van der Waals surface area (Å²) in [6.45, 7) is -0.446. The van der Waals surface area contributed by atoms with Crippen LogP contribution >= 0.6 is 0 Å². The molecule has 3 N–H and O–H groups in total. The molecule has 0 aliphatic carbocycles. The van der Waals surface area contributed by atoms with E-state index in [4.69, 9.17) is 5.11 Å². The Kier molecular flexibility index (Phi) is 3.36. The molecule has 1 aromatic rings. The Morgan fingerprint density at radius 3 is 2.57 bits per heavy atom. The predicted molar refractivity (Wildman–Crippen MR) is 46.7 cm³/mol. The van der Waals surface area contributed by atoms with Gasteiger partial charge in [0, 0.05) is 12.4 Å². The molecular weight excluding hydrogens is 188 g/mol. The van der Waals surface area contributed by atoms with Gasteiger partial charge in [0.15, 0.2) is 0 Å². The lowest BCUT2D eigenvalue weighted by atomic mass is 10.6. The number of rotatable bonds is 3. The van der Waals surface area contributed by atoms with Crippen LogP contribution in [0.25, 0.3) is 0 Å². The Morgan fingerprint density at radius 1 is 1.36 bits per heavy atom. The van der Waals surface area contributed by atoms with E-state index in [0.717, 1.165) is 0 Å². The van der Waals surface area contributed by atoms with Gasteiger partial charge in [-0.25, -0.2) is 14.8 Å². The van der Waals surface area contributed by atoms with Crippen LogP contribution in [0.4, 0.5) is 10.7 Å². The standard InChI is InChI=1S/C7H8N4O3/c12-5(13)4-10-7(14)11-6-8-2-1-3-9-6/h1-3H,4H2,(H,12,13)(H2,8,9,10,11,14). The third-order valence-electron chi connectivity index (χ3n) is 1.19. The fraction of sp³-hybridized carbons (Fsp3) is 0.143. The van der Waals surface area contributed by atoms with Gasteiger partial charge < -0.3 is 10.4 Å². The van der Waals surface area contributed by atoms with Gasteiger partial charge in [-0.1, -0.05) is 0 Å². The summed E-state index contributed by atoms with van der Waals surface area (Å²) in [5.41, 5.74) is 0. The van der Waals surface area contributed by atoms with Crippen molar-refractivity contribution in [3.63, 3.8) is 0 Å². The first kappa shape index (κ1) is 9.90. The van der Waals surface area contributed by atoms with Crippen molar-refractivity contribution in [2.75, 3.05) is 11.9 Å². The number of nitrogens with zero attached hydrogens (tertiary/aromatic N) is 2. The molecule has 74 valence electrons. The molecule has 1 heterocycles. The van der Waals surface area contributed by atoms with E-state index in [9.17, 15) is 9.59 Å². The molecule has 0 saturated carbocycles. The van der Waals surface area contributed by atoms with Crippen molar-refractivity contribution in [2.45, 2.75) is 0 Å². The van der Waals surface area contributed by atoms with Gasteiger partial charge in [0.25, 0.3) is 0 Å². The molecule has 0 unspecified atom stereocenters. The first-order valence-electron chi connectivity index (χ1n) is 3.72. The minimum absolute atomic E-state index is 0.121. The molecule has 0 atom stereocenters. The number of aromatic nitrogens is 2. The van der Waals surface area contributed by atoms with E-state index < -0.39 is 18.5 Å². The van der Waals surface area contributed by atoms with E-state index in [1.165, 1.54) is 12.4 Å². The van der Waals surface area contributed by atoms with Crippen molar-refractivity contribution < 1.29 is 14.7 Å². The van der Waals surface area contributed by atoms with Crippen LogP contribution in [0.1, 0.15) is 0 Å². The summed E-state index contributed by atoms with van der Waals surface area (Å²) < 4.78 is 0. The summed E-state index contributed by atoms with van der Waals surface area (Å²) in [6, 6.07) is 0.943. The first-order valence-corrected chi connectivity index (χ1v) is 3.72. The number of hydrogen-bond acceptors (Lipinski definition) is 4. The quantitative estimate of drug-likeness (QED) is 0.614. The molecule has 1 aromatic heterocycles. The van der Waals surface area contributed by atoms with Gasteiger partial charge in [0.2, 0.25) is 5.95 Å². The van der Waals surface area contributed by atoms with Crippen LogP contribution in [0, 0.1) is 0 Å². The average molecular weight is 196 g/mol. The Morgan fingerprint density at radius 2 is 2.00 bits per heavy atom. The smallest absolute Gasteiger partial charge is 0.323 e. The fourth-order valence-electron chi connectivity index (χ4n) is 0.665. The van der Waals surface area contributed by atoms with Crippen LogP contribution in [0.5, 0.6) is 0 Å². The van der Waals surface area contributed by atoms with Crippen LogP contribution in [-0.2, 0) is 4.79 Å². The number of aliphatic carboxylic acids is 1. The number of hydrogen-bond donors (Lipinski definition) is 3. The lowest BCUT2D eigenvalue weighted by molar-refractivity contribution is -0.135. The van der Waals surface area contributed by atoms with Gasteiger partial charge in [-0.2, -0.15) is 0 Å². The zero-order valence-electron chi connectivity index (χ0n) is 7.10. The largest absolute Gasteiger partial charge is 0.480 e. The van der Waals surface area contributed by atoms with E-state index >= 15 is 0 Å². The molecule has 0 aliphatic rings. The van der Waals surface area contributed by atoms with Crippen molar-refractivity contribution in [3.8, 4) is 0 Å². The molecule has 0 spiro atoms. The summed E-state index contributed by atoms with van der Waals surface area (Å²) in [5, 5.41) is 12.6. The minimum atomic E-state index is -1.12. The molecule has 0 aromatic carbocycles. The Bertz CT molecular complexity index is 327. The zero-order valence-corrected chi connectivity index (χ0v) is 7.10. The van der Waals surface area contributed by atoms with Crippen LogP contribution in [0.3, 0.4) is 0 Å². The van der Waals surface area contributed by atoms with Crippen molar-refractivity contribution in [1.29, 1.82) is 0 Å². The van der Waals surface area contributed by atoms with Gasteiger partial charge in [-0.3, -0.25) is 10.1 Å². The molecule has 14 heavy (non-hydrogen) atoms. The number of carbonyl (C=O) groups excluding carboxylic acids is 1. The second-order valence-corrected chi connectivity index (χ2v) is 2.27. The molecule has 7 nitrogen and oxygen atoms in total. The van der Waals surface area contributed by atoms with Gasteiger partial charge in [0.05, 0.1) is 0 Å². The van der Waals surface area contributed by atoms with Crippen LogP contribution in [-0.4, -0.2) is 33.6 Å². The predicted octanol–water partition coefficient (Wildman–Crippen LogP) is -0.317. The maximum absolute atomic E-state index is 11.0. The molecule has 2 amide bonds. The third kappa shape index (κ3) is 3.48. The molecule has 7 heteroatoms. The average Bonchev–Trinajstić information content (AvgIpc) is 2.16. The highest BCUT2D eigenvalue weighted by atomic mass is 16.4. The van der Waals surface area contributed by atoms with Gasteiger partial charge in [-0.15, -0.1) is 0 Å². The van der Waals surface area contributed by atoms with E-state index in [1.807, 2.05) is 0 Å². The monoisotopic (exact) mass is 196 g/mol. The first-order chi connectivity index (χ1) is 6.68. The normalized spacial score (nSPS) is 9.14. The maximum Gasteiger partial charge on any atom is 0.323 e. The minimum Gasteiger partial charge on any atom is -0.480 e. The highest BCUT2D eigenvalue weighted by Crippen LogP contribution is 1.92. The van der Waals surface area contributed by atoms with E-state index in [-0.39, 0.29) is 5.95 Å². The molecule has 1 rings (SSSR count). The van der Waals surface area contributed by atoms with Gasteiger partial charge in [0.1, 0.15) is 6.54 Å². The van der Waals surface area contributed by atoms with Crippen molar-refractivity contribution in [3.05, 3.63) is 18.5 Å². The number of carboxylic acids is 1. The van der Waals surface area contributed by atoms with Gasteiger partial charge >= 0.3 is 12.0 Å². The highest BCUT2D eigenvalue weighted by Gasteiger charge is 2.04. The summed E-state index contributed by atoms with van der Waals surface area (Å²) in [7, 11) is 0.